The molecule has 2 rings (SSSR count). The summed E-state index contributed by atoms with van der Waals surface area (Å²) < 4.78 is 5.39. The lowest BCUT2D eigenvalue weighted by Gasteiger charge is -2.24. The number of carbonyl (C=O) groups excluding carboxylic acids is 1. The van der Waals surface area contributed by atoms with Gasteiger partial charge in [0.1, 0.15) is 5.75 Å². The molecule has 1 aromatic rings. The topological polar surface area (TPSA) is 64.3 Å². The molecule has 0 aromatic heterocycles. The van der Waals surface area contributed by atoms with Crippen molar-refractivity contribution in [3.05, 3.63) is 29.3 Å². The van der Waals surface area contributed by atoms with Gasteiger partial charge in [-0.3, -0.25) is 4.79 Å². The maximum Gasteiger partial charge on any atom is 0.220 e. The van der Waals surface area contributed by atoms with E-state index in [4.69, 9.17) is 10.5 Å². The predicted octanol–water partition coefficient (Wildman–Crippen LogP) is 1.15. The van der Waals surface area contributed by atoms with Gasteiger partial charge in [0, 0.05) is 19.5 Å². The van der Waals surface area contributed by atoms with Gasteiger partial charge in [0.25, 0.3) is 0 Å². The summed E-state index contributed by atoms with van der Waals surface area (Å²) in [6.45, 7) is 1.24. The largest absolute Gasteiger partial charge is 0.496 e. The molecule has 1 fully saturated rings. The number of rotatable bonds is 3. The molecule has 0 aliphatic carbocycles. The van der Waals surface area contributed by atoms with Crippen molar-refractivity contribution in [2.75, 3.05) is 13.7 Å². The van der Waals surface area contributed by atoms with Gasteiger partial charge in [-0.15, -0.1) is 0 Å². The summed E-state index contributed by atoms with van der Waals surface area (Å²) in [6.07, 6.45) is 1.50. The van der Waals surface area contributed by atoms with E-state index in [2.05, 4.69) is 5.32 Å². The first-order chi connectivity index (χ1) is 8.24. The number of nitrogens with one attached hydrogen (secondary N) is 1. The Labute approximate surface area is 101 Å². The van der Waals surface area contributed by atoms with E-state index >= 15 is 0 Å². The van der Waals surface area contributed by atoms with Crippen LogP contribution in [0.1, 0.15) is 29.9 Å². The molecular formula is C13H18N2O2. The molecule has 1 aliphatic heterocycles. The van der Waals surface area contributed by atoms with Crippen LogP contribution in [0.5, 0.6) is 5.75 Å². The molecule has 1 atom stereocenters. The standard InChI is InChI=1S/C13H18N2O2/c1-17-12-6-9(8-14)2-3-11(12)10-4-5-15-13(16)7-10/h2-3,6,10H,4-5,7-8,14H2,1H3,(H,15,16)/t10-/m0/s1. The fourth-order valence-electron chi connectivity index (χ4n) is 2.27. The molecule has 1 amide bonds. The second kappa shape index (κ2) is 5.19. The van der Waals surface area contributed by atoms with Crippen molar-refractivity contribution >= 4 is 5.91 Å². The maximum absolute atomic E-state index is 11.4. The van der Waals surface area contributed by atoms with E-state index in [1.54, 1.807) is 7.11 Å². The highest BCUT2D eigenvalue weighted by molar-refractivity contribution is 5.77. The average molecular weight is 234 g/mol. The molecule has 4 nitrogen and oxygen atoms in total. The van der Waals surface area contributed by atoms with Crippen LogP contribution in [-0.4, -0.2) is 19.6 Å². The average Bonchev–Trinajstić information content (AvgIpc) is 2.38. The summed E-state index contributed by atoms with van der Waals surface area (Å²) in [6, 6.07) is 6.00. The van der Waals surface area contributed by atoms with E-state index in [-0.39, 0.29) is 11.8 Å². The van der Waals surface area contributed by atoms with Crippen molar-refractivity contribution in [2.45, 2.75) is 25.3 Å². The summed E-state index contributed by atoms with van der Waals surface area (Å²) >= 11 is 0. The number of carbonyl (C=O) groups is 1. The lowest BCUT2D eigenvalue weighted by Crippen LogP contribution is -2.32. The van der Waals surface area contributed by atoms with Crippen molar-refractivity contribution in [3.8, 4) is 5.75 Å². The Bertz CT molecular complexity index is 418. The molecule has 1 aromatic carbocycles. The first-order valence-electron chi connectivity index (χ1n) is 5.88. The molecule has 17 heavy (non-hydrogen) atoms. The summed E-state index contributed by atoms with van der Waals surface area (Å²) in [4.78, 5) is 11.4. The molecule has 0 radical (unpaired) electrons. The predicted molar refractivity (Wildman–Crippen MR) is 65.9 cm³/mol. The van der Waals surface area contributed by atoms with Gasteiger partial charge < -0.3 is 15.8 Å². The van der Waals surface area contributed by atoms with Gasteiger partial charge in [0.15, 0.2) is 0 Å². The minimum absolute atomic E-state index is 0.117. The second-order valence-corrected chi connectivity index (χ2v) is 4.32. The van der Waals surface area contributed by atoms with Gasteiger partial charge >= 0.3 is 0 Å². The number of amides is 1. The normalized spacial score (nSPS) is 19.9. The minimum atomic E-state index is 0.117. The van der Waals surface area contributed by atoms with Gasteiger partial charge in [-0.05, 0) is 29.5 Å². The van der Waals surface area contributed by atoms with Crippen molar-refractivity contribution in [2.24, 2.45) is 5.73 Å². The van der Waals surface area contributed by atoms with Gasteiger partial charge in [0.05, 0.1) is 7.11 Å². The molecule has 4 heteroatoms. The highest BCUT2D eigenvalue weighted by atomic mass is 16.5. The van der Waals surface area contributed by atoms with Gasteiger partial charge in [0.2, 0.25) is 5.91 Å². The maximum atomic E-state index is 11.4. The smallest absolute Gasteiger partial charge is 0.220 e. The number of hydrogen-bond acceptors (Lipinski definition) is 3. The molecule has 3 N–H and O–H groups in total. The summed E-state index contributed by atoms with van der Waals surface area (Å²) in [5, 5.41) is 2.84. The van der Waals surface area contributed by atoms with Crippen LogP contribution in [0.25, 0.3) is 0 Å². The van der Waals surface area contributed by atoms with Gasteiger partial charge in [-0.2, -0.15) is 0 Å². The van der Waals surface area contributed by atoms with E-state index in [0.29, 0.717) is 13.0 Å². The summed E-state index contributed by atoms with van der Waals surface area (Å²) in [5.74, 6) is 1.21. The Morgan fingerprint density at radius 3 is 3.00 bits per heavy atom. The minimum Gasteiger partial charge on any atom is -0.496 e. The first kappa shape index (κ1) is 11.9. The second-order valence-electron chi connectivity index (χ2n) is 4.32. The van der Waals surface area contributed by atoms with Crippen LogP contribution in [0.3, 0.4) is 0 Å². The fraction of sp³-hybridized carbons (Fsp3) is 0.462. The Morgan fingerprint density at radius 1 is 1.53 bits per heavy atom. The summed E-state index contributed by atoms with van der Waals surface area (Å²) in [7, 11) is 1.65. The molecule has 0 bridgehead atoms. The van der Waals surface area contributed by atoms with Crippen LogP contribution >= 0.6 is 0 Å². The molecule has 0 unspecified atom stereocenters. The molecular weight excluding hydrogens is 216 g/mol. The van der Waals surface area contributed by atoms with E-state index in [1.807, 2.05) is 18.2 Å². The monoisotopic (exact) mass is 234 g/mol. The SMILES string of the molecule is COc1cc(CN)ccc1[C@H]1CCNC(=O)C1. The third-order valence-electron chi connectivity index (χ3n) is 3.22. The highest BCUT2D eigenvalue weighted by Gasteiger charge is 2.23. The molecule has 1 saturated heterocycles. The van der Waals surface area contributed by atoms with Gasteiger partial charge in [-0.25, -0.2) is 0 Å². The number of piperidine rings is 1. The first-order valence-corrected chi connectivity index (χ1v) is 5.88. The van der Waals surface area contributed by atoms with E-state index in [1.165, 1.54) is 0 Å². The molecule has 92 valence electrons. The Balaban J connectivity index is 2.27. The zero-order chi connectivity index (χ0) is 12.3. The van der Waals surface area contributed by atoms with E-state index in [9.17, 15) is 4.79 Å². The van der Waals surface area contributed by atoms with Crippen LogP contribution in [-0.2, 0) is 11.3 Å². The van der Waals surface area contributed by atoms with Crippen molar-refractivity contribution in [3.63, 3.8) is 0 Å². The van der Waals surface area contributed by atoms with Crippen molar-refractivity contribution in [1.29, 1.82) is 0 Å². The third-order valence-corrected chi connectivity index (χ3v) is 3.22. The third kappa shape index (κ3) is 2.58. The number of hydrogen-bond donors (Lipinski definition) is 2. The highest BCUT2D eigenvalue weighted by Crippen LogP contribution is 2.33. The quantitative estimate of drug-likeness (QED) is 0.824. The zero-order valence-electron chi connectivity index (χ0n) is 10.0. The molecule has 0 saturated carbocycles. The van der Waals surface area contributed by atoms with Crippen LogP contribution in [0.2, 0.25) is 0 Å². The van der Waals surface area contributed by atoms with E-state index in [0.717, 1.165) is 29.8 Å². The van der Waals surface area contributed by atoms with Crippen LogP contribution in [0, 0.1) is 0 Å². The lowest BCUT2D eigenvalue weighted by molar-refractivity contribution is -0.122. The molecule has 1 aliphatic rings. The Hall–Kier alpha value is -1.55. The number of nitrogens with two attached hydrogens (primary N) is 1. The Morgan fingerprint density at radius 2 is 2.35 bits per heavy atom. The fourth-order valence-corrected chi connectivity index (χ4v) is 2.27. The van der Waals surface area contributed by atoms with Crippen LogP contribution in [0.4, 0.5) is 0 Å². The Kier molecular flexibility index (Phi) is 3.64. The van der Waals surface area contributed by atoms with Crippen LogP contribution in [0.15, 0.2) is 18.2 Å². The van der Waals surface area contributed by atoms with Crippen molar-refractivity contribution < 1.29 is 9.53 Å². The van der Waals surface area contributed by atoms with Crippen molar-refractivity contribution in [1.82, 2.24) is 5.32 Å². The number of benzene rings is 1. The summed E-state index contributed by atoms with van der Waals surface area (Å²) in [5.41, 5.74) is 7.76. The number of ether oxygens (including phenoxy) is 1. The molecule has 1 heterocycles. The van der Waals surface area contributed by atoms with Gasteiger partial charge in [-0.1, -0.05) is 12.1 Å². The number of methoxy groups -OCH3 is 1. The lowest BCUT2D eigenvalue weighted by atomic mass is 9.88. The van der Waals surface area contributed by atoms with Crippen LogP contribution < -0.4 is 15.8 Å². The zero-order valence-corrected chi connectivity index (χ0v) is 10.0. The van der Waals surface area contributed by atoms with E-state index < -0.39 is 0 Å². The molecule has 0 spiro atoms.